The van der Waals surface area contributed by atoms with Gasteiger partial charge in [0.15, 0.2) is 0 Å². The largest absolute Gasteiger partial charge is 0.309 e. The van der Waals surface area contributed by atoms with E-state index in [9.17, 15) is 0 Å². The number of benzene rings is 8. The Morgan fingerprint density at radius 2 is 0.729 bits per heavy atom. The van der Waals surface area contributed by atoms with Gasteiger partial charge in [0.25, 0.3) is 0 Å². The van der Waals surface area contributed by atoms with Crippen LogP contribution in [0.25, 0.3) is 55.3 Å². The predicted molar refractivity (Wildman–Crippen MR) is 256 cm³/mol. The monoisotopic (exact) mass is 767 g/mol. The molecule has 1 heteroatoms. The van der Waals surface area contributed by atoms with E-state index in [0.717, 1.165) is 17.1 Å². The van der Waals surface area contributed by atoms with Crippen LogP contribution in [0.2, 0.25) is 0 Å². The van der Waals surface area contributed by atoms with E-state index in [1.165, 1.54) is 72.0 Å². The van der Waals surface area contributed by atoms with Crippen molar-refractivity contribution < 1.29 is 0 Å². The summed E-state index contributed by atoms with van der Waals surface area (Å²) < 4.78 is 0. The Bertz CT molecular complexity index is 2710. The minimum atomic E-state index is -0.0719. The molecule has 0 unspecified atom stereocenters. The lowest BCUT2D eigenvalue weighted by molar-refractivity contribution is 0.569. The van der Waals surface area contributed by atoms with Gasteiger partial charge < -0.3 is 4.90 Å². The number of hydrogen-bond acceptors (Lipinski definition) is 1. The molecule has 0 saturated carbocycles. The summed E-state index contributed by atoms with van der Waals surface area (Å²) in [6, 6.07) is 67.6. The first-order chi connectivity index (χ1) is 28.2. The summed E-state index contributed by atoms with van der Waals surface area (Å²) >= 11 is 0. The SMILES string of the molecule is CC(C)(C)c1cc(-c2ccccc2N(c2cc(C(C)(C)C)ccc2-c2ccccc2)c2ccccc2-c2cccc3cccc(-c4ccccc4)c23)cc(C(C)(C)C)c1. The van der Waals surface area contributed by atoms with Gasteiger partial charge in [0.1, 0.15) is 0 Å². The standard InChI is InChI=1S/C58H57N/c1-56(2,3)44-34-35-48(40-22-12-10-13-23-40)54(39-44)59(52-32-18-16-28-47(52)43-36-45(57(4,5)6)38-46(37-43)58(7,8)9)53-33-19-17-29-50(53)51-31-21-27-42-26-20-30-49(55(42)51)41-24-14-11-15-25-41/h10-39H,1-9H3. The van der Waals surface area contributed by atoms with Gasteiger partial charge in [0.2, 0.25) is 0 Å². The molecule has 0 amide bonds. The normalized spacial score (nSPS) is 12.2. The van der Waals surface area contributed by atoms with Gasteiger partial charge in [0.05, 0.1) is 17.1 Å². The highest BCUT2D eigenvalue weighted by Crippen LogP contribution is 2.50. The molecule has 0 fully saturated rings. The smallest absolute Gasteiger partial charge is 0.0543 e. The molecule has 59 heavy (non-hydrogen) atoms. The van der Waals surface area contributed by atoms with Crippen molar-refractivity contribution in [3.05, 3.63) is 199 Å². The van der Waals surface area contributed by atoms with E-state index < -0.39 is 0 Å². The fourth-order valence-electron chi connectivity index (χ4n) is 8.32. The van der Waals surface area contributed by atoms with Gasteiger partial charge in [-0.2, -0.15) is 0 Å². The van der Waals surface area contributed by atoms with Crippen molar-refractivity contribution in [3.63, 3.8) is 0 Å². The molecule has 0 N–H and O–H groups in total. The Kier molecular flexibility index (Phi) is 10.4. The summed E-state index contributed by atoms with van der Waals surface area (Å²) in [4.78, 5) is 2.56. The molecule has 0 aliphatic carbocycles. The van der Waals surface area contributed by atoms with Crippen LogP contribution in [-0.4, -0.2) is 0 Å². The fraction of sp³-hybridized carbons (Fsp3) is 0.207. The second-order valence-corrected chi connectivity index (χ2v) is 19.1. The van der Waals surface area contributed by atoms with Crippen LogP contribution in [0.4, 0.5) is 17.1 Å². The van der Waals surface area contributed by atoms with Crippen LogP contribution in [0.3, 0.4) is 0 Å². The number of para-hydroxylation sites is 2. The third kappa shape index (κ3) is 8.00. The van der Waals surface area contributed by atoms with E-state index in [1.54, 1.807) is 0 Å². The van der Waals surface area contributed by atoms with Crippen molar-refractivity contribution in [2.24, 2.45) is 0 Å². The van der Waals surface area contributed by atoms with E-state index in [1.807, 2.05) is 0 Å². The van der Waals surface area contributed by atoms with Crippen molar-refractivity contribution in [1.82, 2.24) is 0 Å². The molecule has 8 aromatic carbocycles. The number of hydrogen-bond donors (Lipinski definition) is 0. The highest BCUT2D eigenvalue weighted by Gasteiger charge is 2.28. The van der Waals surface area contributed by atoms with Crippen LogP contribution in [0.5, 0.6) is 0 Å². The zero-order valence-corrected chi connectivity index (χ0v) is 36.3. The molecule has 1 nitrogen and oxygen atoms in total. The molecule has 0 spiro atoms. The topological polar surface area (TPSA) is 3.24 Å². The molecular weight excluding hydrogens is 711 g/mol. The first kappa shape index (κ1) is 39.6. The molecule has 0 bridgehead atoms. The third-order valence-corrected chi connectivity index (χ3v) is 11.7. The average molecular weight is 768 g/mol. The van der Waals surface area contributed by atoms with Crippen LogP contribution >= 0.6 is 0 Å². The Balaban J connectivity index is 1.50. The molecule has 8 aromatic rings. The van der Waals surface area contributed by atoms with Gasteiger partial charge >= 0.3 is 0 Å². The van der Waals surface area contributed by atoms with E-state index in [0.29, 0.717) is 0 Å². The molecule has 0 aromatic heterocycles. The fourth-order valence-corrected chi connectivity index (χ4v) is 8.32. The van der Waals surface area contributed by atoms with Crippen LogP contribution in [0, 0.1) is 0 Å². The van der Waals surface area contributed by atoms with Crippen molar-refractivity contribution >= 4 is 27.8 Å². The van der Waals surface area contributed by atoms with Gasteiger partial charge in [0, 0.05) is 16.7 Å². The summed E-state index contributed by atoms with van der Waals surface area (Å²) in [5.41, 5.74) is 16.9. The third-order valence-electron chi connectivity index (χ3n) is 11.7. The van der Waals surface area contributed by atoms with Gasteiger partial charge in [-0.25, -0.2) is 0 Å². The maximum Gasteiger partial charge on any atom is 0.0543 e. The Hall–Kier alpha value is -6.18. The Morgan fingerprint density at radius 1 is 0.288 bits per heavy atom. The zero-order valence-electron chi connectivity index (χ0n) is 36.3. The lowest BCUT2D eigenvalue weighted by atomic mass is 9.78. The van der Waals surface area contributed by atoms with Crippen molar-refractivity contribution in [1.29, 1.82) is 0 Å². The zero-order chi connectivity index (χ0) is 41.5. The predicted octanol–water partition coefficient (Wildman–Crippen LogP) is 16.9. The van der Waals surface area contributed by atoms with Crippen LogP contribution < -0.4 is 4.90 Å². The van der Waals surface area contributed by atoms with E-state index in [-0.39, 0.29) is 16.2 Å². The number of rotatable bonds is 7. The minimum Gasteiger partial charge on any atom is -0.309 e. The van der Waals surface area contributed by atoms with Crippen molar-refractivity contribution in [3.8, 4) is 44.5 Å². The maximum absolute atomic E-state index is 2.56. The van der Waals surface area contributed by atoms with Crippen molar-refractivity contribution in [2.75, 3.05) is 4.90 Å². The molecule has 0 saturated heterocycles. The first-order valence-corrected chi connectivity index (χ1v) is 21.1. The van der Waals surface area contributed by atoms with Gasteiger partial charge in [-0.15, -0.1) is 0 Å². The number of fused-ring (bicyclic) bond motifs is 1. The summed E-state index contributed by atoms with van der Waals surface area (Å²) in [7, 11) is 0. The summed E-state index contributed by atoms with van der Waals surface area (Å²) in [6.07, 6.45) is 0. The first-order valence-electron chi connectivity index (χ1n) is 21.1. The molecular formula is C58H57N. The molecule has 0 aliphatic rings. The van der Waals surface area contributed by atoms with E-state index >= 15 is 0 Å². The number of nitrogens with zero attached hydrogens (tertiary/aromatic N) is 1. The lowest BCUT2D eigenvalue weighted by Crippen LogP contribution is -2.18. The van der Waals surface area contributed by atoms with Crippen molar-refractivity contribution in [2.45, 2.75) is 78.6 Å². The molecule has 0 heterocycles. The summed E-state index contributed by atoms with van der Waals surface area (Å²) in [6.45, 7) is 20.9. The van der Waals surface area contributed by atoms with Crippen LogP contribution in [0.15, 0.2) is 182 Å². The molecule has 0 aliphatic heterocycles. The molecule has 294 valence electrons. The van der Waals surface area contributed by atoms with Crippen LogP contribution in [0.1, 0.15) is 79.0 Å². The Morgan fingerprint density at radius 3 is 1.29 bits per heavy atom. The van der Waals surface area contributed by atoms with E-state index in [4.69, 9.17) is 0 Å². The quantitative estimate of drug-likeness (QED) is 0.156. The van der Waals surface area contributed by atoms with Gasteiger partial charge in [-0.05, 0) is 89.7 Å². The molecule has 8 rings (SSSR count). The number of anilines is 3. The highest BCUT2D eigenvalue weighted by molar-refractivity contribution is 6.09. The summed E-state index contributed by atoms with van der Waals surface area (Å²) in [5, 5.41) is 2.47. The second kappa shape index (κ2) is 15.5. The maximum atomic E-state index is 2.56. The highest BCUT2D eigenvalue weighted by atomic mass is 15.1. The second-order valence-electron chi connectivity index (χ2n) is 19.1. The average Bonchev–Trinajstić information content (AvgIpc) is 3.23. The van der Waals surface area contributed by atoms with Crippen LogP contribution in [-0.2, 0) is 16.2 Å². The molecule has 0 atom stereocenters. The van der Waals surface area contributed by atoms with E-state index in [2.05, 4.69) is 249 Å². The Labute approximate surface area is 353 Å². The lowest BCUT2D eigenvalue weighted by Gasteiger charge is -2.34. The van der Waals surface area contributed by atoms with Gasteiger partial charge in [-0.3, -0.25) is 0 Å². The molecule has 0 radical (unpaired) electrons. The minimum absolute atomic E-state index is 0.0242. The van der Waals surface area contributed by atoms with Gasteiger partial charge in [-0.1, -0.05) is 226 Å². The summed E-state index contributed by atoms with van der Waals surface area (Å²) in [5.74, 6) is 0.